The van der Waals surface area contributed by atoms with E-state index in [9.17, 15) is 19.2 Å². The van der Waals surface area contributed by atoms with Crippen molar-refractivity contribution in [2.45, 2.75) is 38.5 Å². The van der Waals surface area contributed by atoms with Crippen LogP contribution in [0.2, 0.25) is 0 Å². The van der Waals surface area contributed by atoms with Gasteiger partial charge in [0.05, 0.1) is 29.0 Å². The molecule has 0 spiro atoms. The van der Waals surface area contributed by atoms with Crippen molar-refractivity contribution in [2.24, 2.45) is 7.05 Å². The van der Waals surface area contributed by atoms with Gasteiger partial charge in [0.15, 0.2) is 0 Å². The van der Waals surface area contributed by atoms with Crippen molar-refractivity contribution in [2.75, 3.05) is 70.3 Å². The number of nitrogens with one attached hydrogen (secondary N) is 1. The standard InChI is InChI=1S/C47H46N10O4/c1-30-36(17-19-49-45(30)57-26-25-56(47(57)61)35-5-3-18-48-29-35)37-13-12-34(55-20-4-6-43(55)59)27-40(37)31-7-9-32(10-8-31)53-21-23-54(24-22-53)33-11-14-38-41(28-33)52(2)51-44(38)39-15-16-42(58)50-46(39)60/h3,5,7-14,17-19,27-29,39H,4,6,15-16,20-26H2,1-2H3,(H,50,58,60). The predicted octanol–water partition coefficient (Wildman–Crippen LogP) is 6.43. The summed E-state index contributed by atoms with van der Waals surface area (Å²) in [4.78, 5) is 70.1. The first-order valence-corrected chi connectivity index (χ1v) is 21.0. The van der Waals surface area contributed by atoms with E-state index in [4.69, 9.17) is 10.1 Å². The average molecular weight is 815 g/mol. The molecule has 6 aromatic rings. The van der Waals surface area contributed by atoms with Crippen LogP contribution in [0.3, 0.4) is 0 Å². The van der Waals surface area contributed by atoms with Gasteiger partial charge >= 0.3 is 6.03 Å². The second-order valence-electron chi connectivity index (χ2n) is 16.2. The summed E-state index contributed by atoms with van der Waals surface area (Å²) in [6.07, 6.45) is 7.35. The zero-order valence-corrected chi connectivity index (χ0v) is 34.3. The highest BCUT2D eigenvalue weighted by molar-refractivity contribution is 6.07. The molecule has 1 unspecified atom stereocenters. The van der Waals surface area contributed by atoms with E-state index in [0.29, 0.717) is 44.7 Å². The van der Waals surface area contributed by atoms with Crippen LogP contribution in [-0.2, 0) is 21.4 Å². The first kappa shape index (κ1) is 38.1. The van der Waals surface area contributed by atoms with Crippen LogP contribution in [0.25, 0.3) is 33.2 Å². The Bertz CT molecular complexity index is 2710. The molecule has 0 radical (unpaired) electrons. The Hall–Kier alpha value is -7.09. The minimum Gasteiger partial charge on any atom is -0.368 e. The SMILES string of the molecule is Cc1c(-c2ccc(N3CCCC3=O)cc2-c2ccc(N3CCN(c4ccc5c(C6CCC(=O)NC6=O)nn(C)c5c4)CC3)cc2)ccnc1N1CCN(c2cccnc2)C1=O. The van der Waals surface area contributed by atoms with Crippen molar-refractivity contribution in [3.8, 4) is 22.3 Å². The minimum atomic E-state index is -0.433. The van der Waals surface area contributed by atoms with Gasteiger partial charge in [0.25, 0.3) is 0 Å². The van der Waals surface area contributed by atoms with Gasteiger partial charge in [0.1, 0.15) is 5.82 Å². The number of piperazine rings is 1. The molecule has 0 saturated carbocycles. The number of hydrogen-bond donors (Lipinski definition) is 1. The Morgan fingerprint density at radius 1 is 0.672 bits per heavy atom. The summed E-state index contributed by atoms with van der Waals surface area (Å²) in [5.41, 5.74) is 10.5. The predicted molar refractivity (Wildman–Crippen MR) is 236 cm³/mol. The quantitative estimate of drug-likeness (QED) is 0.172. The average Bonchev–Trinajstić information content (AvgIpc) is 3.99. The fourth-order valence-corrected chi connectivity index (χ4v) is 9.43. The van der Waals surface area contributed by atoms with Crippen LogP contribution in [0, 0.1) is 6.92 Å². The molecule has 14 nitrogen and oxygen atoms in total. The second kappa shape index (κ2) is 15.5. The molecule has 4 aliphatic heterocycles. The molecule has 5 amide bonds. The summed E-state index contributed by atoms with van der Waals surface area (Å²) in [5.74, 6) is -0.172. The fourth-order valence-electron chi connectivity index (χ4n) is 9.43. The van der Waals surface area contributed by atoms with Gasteiger partial charge in [-0.3, -0.25) is 39.2 Å². The molecular weight excluding hydrogens is 769 g/mol. The molecule has 14 heteroatoms. The Morgan fingerprint density at radius 3 is 2.16 bits per heavy atom. The van der Waals surface area contributed by atoms with Crippen molar-refractivity contribution >= 4 is 63.2 Å². The lowest BCUT2D eigenvalue weighted by Crippen LogP contribution is -2.46. The van der Waals surface area contributed by atoms with E-state index in [2.05, 4.69) is 74.7 Å². The molecule has 1 atom stereocenters. The lowest BCUT2D eigenvalue weighted by atomic mass is 9.91. The first-order valence-electron chi connectivity index (χ1n) is 21.0. The molecule has 4 fully saturated rings. The Labute approximate surface area is 353 Å². The fraction of sp³-hybridized carbons (Fsp3) is 0.298. The second-order valence-corrected chi connectivity index (χ2v) is 16.2. The van der Waals surface area contributed by atoms with Gasteiger partial charge in [-0.15, -0.1) is 0 Å². The number of urea groups is 1. The van der Waals surface area contributed by atoms with Gasteiger partial charge < -0.3 is 14.7 Å². The third kappa shape index (κ3) is 6.91. The van der Waals surface area contributed by atoms with Crippen LogP contribution in [0.5, 0.6) is 0 Å². The van der Waals surface area contributed by atoms with Gasteiger partial charge in [-0.1, -0.05) is 18.2 Å². The number of fused-ring (bicyclic) bond motifs is 1. The van der Waals surface area contributed by atoms with Gasteiger partial charge in [0, 0.05) is 101 Å². The molecule has 61 heavy (non-hydrogen) atoms. The molecule has 4 aliphatic rings. The van der Waals surface area contributed by atoms with E-state index in [1.165, 1.54) is 0 Å². The number of piperidine rings is 1. The number of aromatic nitrogens is 4. The number of benzene rings is 3. The van der Waals surface area contributed by atoms with E-state index < -0.39 is 5.92 Å². The Kier molecular flexibility index (Phi) is 9.69. The van der Waals surface area contributed by atoms with Crippen molar-refractivity contribution in [1.29, 1.82) is 0 Å². The van der Waals surface area contributed by atoms with Crippen LogP contribution < -0.4 is 29.8 Å². The summed E-state index contributed by atoms with van der Waals surface area (Å²) in [6, 6.07) is 26.9. The Morgan fingerprint density at radius 2 is 1.43 bits per heavy atom. The van der Waals surface area contributed by atoms with E-state index >= 15 is 0 Å². The lowest BCUT2D eigenvalue weighted by Gasteiger charge is -2.37. The van der Waals surface area contributed by atoms with Crippen molar-refractivity contribution < 1.29 is 19.2 Å². The van der Waals surface area contributed by atoms with E-state index in [0.717, 1.165) is 99.8 Å². The lowest BCUT2D eigenvalue weighted by molar-refractivity contribution is -0.134. The third-order valence-electron chi connectivity index (χ3n) is 12.7. The van der Waals surface area contributed by atoms with Gasteiger partial charge in [-0.05, 0) is 108 Å². The minimum absolute atomic E-state index is 0.129. The van der Waals surface area contributed by atoms with Crippen molar-refractivity contribution in [1.82, 2.24) is 25.1 Å². The number of carbonyl (C=O) groups is 4. The summed E-state index contributed by atoms with van der Waals surface area (Å²) in [7, 11) is 1.90. The van der Waals surface area contributed by atoms with Gasteiger partial charge in [0.2, 0.25) is 17.7 Å². The van der Waals surface area contributed by atoms with Crippen LogP contribution in [-0.4, -0.2) is 89.3 Å². The summed E-state index contributed by atoms with van der Waals surface area (Å²) < 4.78 is 1.83. The zero-order valence-electron chi connectivity index (χ0n) is 34.3. The first-order chi connectivity index (χ1) is 29.7. The van der Waals surface area contributed by atoms with Crippen LogP contribution in [0.15, 0.2) is 97.5 Å². The highest BCUT2D eigenvalue weighted by Crippen LogP contribution is 2.41. The summed E-state index contributed by atoms with van der Waals surface area (Å²) in [5, 5.41) is 8.13. The van der Waals surface area contributed by atoms with E-state index in [1.807, 2.05) is 47.8 Å². The largest absolute Gasteiger partial charge is 0.368 e. The van der Waals surface area contributed by atoms with Crippen LogP contribution >= 0.6 is 0 Å². The number of hydrogen-bond acceptors (Lipinski definition) is 9. The number of pyridine rings is 2. The molecule has 0 bridgehead atoms. The molecule has 10 rings (SSSR count). The van der Waals surface area contributed by atoms with Gasteiger partial charge in [-0.25, -0.2) is 9.78 Å². The summed E-state index contributed by atoms with van der Waals surface area (Å²) >= 11 is 0. The molecule has 4 saturated heterocycles. The maximum Gasteiger partial charge on any atom is 0.330 e. The van der Waals surface area contributed by atoms with E-state index in [-0.39, 0.29) is 23.8 Å². The molecule has 1 N–H and O–H groups in total. The molecular formula is C47H46N10O4. The number of carbonyl (C=O) groups excluding carboxylic acids is 4. The molecule has 3 aromatic heterocycles. The highest BCUT2D eigenvalue weighted by atomic mass is 16.2. The Balaban J connectivity index is 0.892. The zero-order chi connectivity index (χ0) is 41.8. The topological polar surface area (TPSA) is 140 Å². The number of aryl methyl sites for hydroxylation is 1. The van der Waals surface area contributed by atoms with Crippen molar-refractivity contribution in [3.63, 3.8) is 0 Å². The number of rotatable bonds is 8. The van der Waals surface area contributed by atoms with Crippen LogP contribution in [0.4, 0.5) is 33.4 Å². The number of imide groups is 1. The highest BCUT2D eigenvalue weighted by Gasteiger charge is 2.34. The summed E-state index contributed by atoms with van der Waals surface area (Å²) in [6.45, 7) is 7.13. The number of amides is 5. The maximum atomic E-state index is 13.7. The number of nitrogens with zero attached hydrogens (tertiary/aromatic N) is 9. The van der Waals surface area contributed by atoms with Crippen molar-refractivity contribution in [3.05, 3.63) is 109 Å². The third-order valence-corrected chi connectivity index (χ3v) is 12.7. The molecule has 308 valence electrons. The van der Waals surface area contributed by atoms with Crippen LogP contribution in [0.1, 0.15) is 42.9 Å². The molecule has 7 heterocycles. The number of anilines is 5. The smallest absolute Gasteiger partial charge is 0.330 e. The molecule has 3 aromatic carbocycles. The molecule has 0 aliphatic carbocycles. The normalized spacial score (nSPS) is 18.5. The van der Waals surface area contributed by atoms with Gasteiger partial charge in [-0.2, -0.15) is 5.10 Å². The maximum absolute atomic E-state index is 13.7. The van der Waals surface area contributed by atoms with E-state index in [1.54, 1.807) is 28.4 Å². The monoisotopic (exact) mass is 814 g/mol.